The van der Waals surface area contributed by atoms with Crippen LogP contribution in [0.15, 0.2) is 30.3 Å². The Morgan fingerprint density at radius 3 is 2.63 bits per heavy atom. The second-order valence-electron chi connectivity index (χ2n) is 5.04. The summed E-state index contributed by atoms with van der Waals surface area (Å²) < 4.78 is 5.51. The Balaban J connectivity index is 2.41. The maximum absolute atomic E-state index is 11.9. The van der Waals surface area contributed by atoms with Crippen molar-refractivity contribution in [3.05, 3.63) is 30.3 Å². The molecule has 19 heavy (non-hydrogen) atoms. The van der Waals surface area contributed by atoms with Crippen molar-refractivity contribution in [2.75, 3.05) is 6.54 Å². The van der Waals surface area contributed by atoms with Crippen LogP contribution in [0.3, 0.4) is 0 Å². The zero-order valence-corrected chi connectivity index (χ0v) is 11.8. The summed E-state index contributed by atoms with van der Waals surface area (Å²) in [6.07, 6.45) is 0.944. The zero-order valence-electron chi connectivity index (χ0n) is 11.8. The highest BCUT2D eigenvalue weighted by Crippen LogP contribution is 2.12. The second kappa shape index (κ2) is 7.14. The third kappa shape index (κ3) is 5.75. The average molecular weight is 265 g/mol. The molecule has 0 saturated carbocycles. The van der Waals surface area contributed by atoms with Crippen LogP contribution >= 0.6 is 0 Å². The molecule has 4 heteroatoms. The lowest BCUT2D eigenvalue weighted by Gasteiger charge is -2.24. The molecule has 0 heterocycles. The van der Waals surface area contributed by atoms with Crippen LogP contribution < -0.4 is 10.1 Å². The molecule has 2 unspecified atom stereocenters. The number of benzene rings is 1. The van der Waals surface area contributed by atoms with Crippen molar-refractivity contribution in [3.63, 3.8) is 0 Å². The van der Waals surface area contributed by atoms with Crippen molar-refractivity contribution in [2.24, 2.45) is 0 Å². The van der Waals surface area contributed by atoms with Crippen LogP contribution in [0, 0.1) is 0 Å². The summed E-state index contributed by atoms with van der Waals surface area (Å²) in [5, 5.41) is 12.7. The quantitative estimate of drug-likeness (QED) is 0.794. The van der Waals surface area contributed by atoms with Crippen molar-refractivity contribution >= 4 is 5.91 Å². The number of para-hydroxylation sites is 1. The highest BCUT2D eigenvalue weighted by Gasteiger charge is 2.22. The minimum absolute atomic E-state index is 0.222. The summed E-state index contributed by atoms with van der Waals surface area (Å²) in [5.74, 6) is 0.436. The monoisotopic (exact) mass is 265 g/mol. The van der Waals surface area contributed by atoms with E-state index in [2.05, 4.69) is 5.32 Å². The molecule has 1 amide bonds. The van der Waals surface area contributed by atoms with Gasteiger partial charge in [-0.25, -0.2) is 0 Å². The van der Waals surface area contributed by atoms with Crippen LogP contribution in [0.25, 0.3) is 0 Å². The number of nitrogens with one attached hydrogen (secondary N) is 1. The molecule has 1 rings (SSSR count). The lowest BCUT2D eigenvalue weighted by molar-refractivity contribution is -0.128. The molecule has 0 radical (unpaired) electrons. The molecular weight excluding hydrogens is 242 g/mol. The number of ether oxygens (including phenoxy) is 1. The summed E-state index contributed by atoms with van der Waals surface area (Å²) in [7, 11) is 0. The normalized spacial score (nSPS) is 15.4. The molecule has 0 aromatic heterocycles. The number of aliphatic hydroxyl groups is 1. The van der Waals surface area contributed by atoms with Crippen LogP contribution in [0.1, 0.15) is 33.6 Å². The van der Waals surface area contributed by atoms with Crippen molar-refractivity contribution in [1.29, 1.82) is 0 Å². The van der Waals surface area contributed by atoms with E-state index in [1.165, 1.54) is 0 Å². The zero-order chi connectivity index (χ0) is 14.3. The van der Waals surface area contributed by atoms with Crippen LogP contribution in [-0.4, -0.2) is 29.3 Å². The number of hydrogen-bond donors (Lipinski definition) is 2. The summed E-state index contributed by atoms with van der Waals surface area (Å²) in [4.78, 5) is 11.9. The first kappa shape index (κ1) is 15.5. The van der Waals surface area contributed by atoms with E-state index >= 15 is 0 Å². The smallest absolute Gasteiger partial charge is 0.260 e. The van der Waals surface area contributed by atoms with Crippen LogP contribution in [0.4, 0.5) is 0 Å². The molecule has 0 spiro atoms. The van der Waals surface area contributed by atoms with Crippen molar-refractivity contribution in [3.8, 4) is 5.75 Å². The predicted molar refractivity (Wildman–Crippen MR) is 75.1 cm³/mol. The van der Waals surface area contributed by atoms with Gasteiger partial charge in [-0.2, -0.15) is 0 Å². The molecule has 0 aliphatic heterocycles. The van der Waals surface area contributed by atoms with Gasteiger partial charge < -0.3 is 15.2 Å². The Labute approximate surface area is 114 Å². The maximum Gasteiger partial charge on any atom is 0.260 e. The number of rotatable bonds is 7. The van der Waals surface area contributed by atoms with Crippen LogP contribution in [-0.2, 0) is 4.79 Å². The Morgan fingerprint density at radius 1 is 1.42 bits per heavy atom. The fourth-order valence-corrected chi connectivity index (χ4v) is 1.80. The minimum atomic E-state index is -0.864. The Morgan fingerprint density at radius 2 is 2.05 bits per heavy atom. The summed E-state index contributed by atoms with van der Waals surface area (Å²) in [6, 6.07) is 9.20. The van der Waals surface area contributed by atoms with Gasteiger partial charge in [0.2, 0.25) is 0 Å². The SMILES string of the molecule is CCCC(C)(O)CNC(=O)C(C)Oc1ccccc1. The number of carbonyl (C=O) groups is 1. The van der Waals surface area contributed by atoms with Gasteiger partial charge in [0.15, 0.2) is 6.10 Å². The maximum atomic E-state index is 11.9. The summed E-state index contributed by atoms with van der Waals surface area (Å²) in [6.45, 7) is 5.65. The highest BCUT2D eigenvalue weighted by molar-refractivity contribution is 5.80. The van der Waals surface area contributed by atoms with Gasteiger partial charge in [0.05, 0.1) is 5.60 Å². The first-order valence-electron chi connectivity index (χ1n) is 6.66. The molecule has 4 nitrogen and oxygen atoms in total. The number of amides is 1. The van der Waals surface area contributed by atoms with Gasteiger partial charge in [0.1, 0.15) is 5.75 Å². The fourth-order valence-electron chi connectivity index (χ4n) is 1.80. The molecule has 2 N–H and O–H groups in total. The third-order valence-electron chi connectivity index (χ3n) is 2.86. The number of hydrogen-bond acceptors (Lipinski definition) is 3. The van der Waals surface area contributed by atoms with E-state index in [-0.39, 0.29) is 12.5 Å². The topological polar surface area (TPSA) is 58.6 Å². The largest absolute Gasteiger partial charge is 0.481 e. The fraction of sp³-hybridized carbons (Fsp3) is 0.533. The molecule has 1 aromatic carbocycles. The summed E-state index contributed by atoms with van der Waals surface area (Å²) in [5.41, 5.74) is -0.864. The summed E-state index contributed by atoms with van der Waals surface area (Å²) >= 11 is 0. The van der Waals surface area contributed by atoms with Gasteiger partial charge in [0, 0.05) is 6.54 Å². The van der Waals surface area contributed by atoms with E-state index in [1.807, 2.05) is 25.1 Å². The third-order valence-corrected chi connectivity index (χ3v) is 2.86. The molecule has 0 aliphatic rings. The van der Waals surface area contributed by atoms with E-state index in [0.29, 0.717) is 12.2 Å². The molecule has 0 aliphatic carbocycles. The first-order valence-corrected chi connectivity index (χ1v) is 6.66. The second-order valence-corrected chi connectivity index (χ2v) is 5.04. The van der Waals surface area contributed by atoms with Crippen molar-refractivity contribution < 1.29 is 14.6 Å². The Hall–Kier alpha value is -1.55. The van der Waals surface area contributed by atoms with E-state index < -0.39 is 11.7 Å². The van der Waals surface area contributed by atoms with Crippen molar-refractivity contribution in [1.82, 2.24) is 5.32 Å². The van der Waals surface area contributed by atoms with Gasteiger partial charge in [-0.05, 0) is 32.4 Å². The molecule has 2 atom stereocenters. The van der Waals surface area contributed by atoms with Gasteiger partial charge in [0.25, 0.3) is 5.91 Å². The Kier molecular flexibility index (Phi) is 5.83. The standard InChI is InChI=1S/C15H23NO3/c1-4-10-15(3,18)11-16-14(17)12(2)19-13-8-6-5-7-9-13/h5-9,12,18H,4,10-11H2,1-3H3,(H,16,17). The molecule has 0 saturated heterocycles. The van der Waals surface area contributed by atoms with Crippen LogP contribution in [0.5, 0.6) is 5.75 Å². The van der Waals surface area contributed by atoms with Gasteiger partial charge in [-0.15, -0.1) is 0 Å². The molecule has 0 bridgehead atoms. The van der Waals surface area contributed by atoms with Gasteiger partial charge in [-0.3, -0.25) is 4.79 Å². The average Bonchev–Trinajstić information content (AvgIpc) is 2.37. The molecular formula is C15H23NO3. The first-order chi connectivity index (χ1) is 8.94. The van der Waals surface area contributed by atoms with Gasteiger partial charge in [-0.1, -0.05) is 31.5 Å². The molecule has 1 aromatic rings. The molecule has 106 valence electrons. The van der Waals surface area contributed by atoms with Gasteiger partial charge >= 0.3 is 0 Å². The minimum Gasteiger partial charge on any atom is -0.481 e. The lowest BCUT2D eigenvalue weighted by Crippen LogP contribution is -2.45. The van der Waals surface area contributed by atoms with Crippen molar-refractivity contribution in [2.45, 2.75) is 45.3 Å². The predicted octanol–water partition coefficient (Wildman–Crippen LogP) is 2.12. The van der Waals surface area contributed by atoms with E-state index in [9.17, 15) is 9.90 Å². The van der Waals surface area contributed by atoms with E-state index in [4.69, 9.17) is 4.74 Å². The van der Waals surface area contributed by atoms with Crippen LogP contribution in [0.2, 0.25) is 0 Å². The number of carbonyl (C=O) groups excluding carboxylic acids is 1. The molecule has 0 fully saturated rings. The highest BCUT2D eigenvalue weighted by atomic mass is 16.5. The van der Waals surface area contributed by atoms with E-state index in [1.54, 1.807) is 26.0 Å². The van der Waals surface area contributed by atoms with E-state index in [0.717, 1.165) is 6.42 Å². The Bertz CT molecular complexity index is 390. The lowest BCUT2D eigenvalue weighted by atomic mass is 10.0.